The first kappa shape index (κ1) is 15.9. The lowest BCUT2D eigenvalue weighted by Gasteiger charge is -2.14. The molecule has 0 amide bonds. The third kappa shape index (κ3) is 3.57. The van der Waals surface area contributed by atoms with Crippen molar-refractivity contribution in [3.05, 3.63) is 45.4 Å². The van der Waals surface area contributed by atoms with Gasteiger partial charge >= 0.3 is 0 Å². The highest BCUT2D eigenvalue weighted by molar-refractivity contribution is 9.10. The van der Waals surface area contributed by atoms with Crippen LogP contribution in [0.15, 0.2) is 28.9 Å². The van der Waals surface area contributed by atoms with Crippen molar-refractivity contribution in [1.29, 1.82) is 0 Å². The van der Waals surface area contributed by atoms with E-state index in [4.69, 9.17) is 21.1 Å². The average molecular weight is 376 g/mol. The van der Waals surface area contributed by atoms with Gasteiger partial charge in [-0.15, -0.1) is 0 Å². The molecule has 0 atom stereocenters. The smallest absolute Gasteiger partial charge is 0.184 e. The van der Waals surface area contributed by atoms with E-state index in [0.717, 1.165) is 0 Å². The van der Waals surface area contributed by atoms with E-state index < -0.39 is 5.82 Å². The highest BCUT2D eigenvalue weighted by atomic mass is 79.9. The summed E-state index contributed by atoms with van der Waals surface area (Å²) in [4.78, 5) is 4.25. The van der Waals surface area contributed by atoms with Gasteiger partial charge in [0.25, 0.3) is 0 Å². The van der Waals surface area contributed by atoms with Crippen LogP contribution >= 0.6 is 27.5 Å². The number of nitrogens with one attached hydrogen (secondary N) is 1. The molecule has 2 aromatic rings. The summed E-state index contributed by atoms with van der Waals surface area (Å²) in [5.74, 6) is 0.727. The third-order valence-electron chi connectivity index (χ3n) is 2.81. The Balaban J connectivity index is 2.25. The molecule has 1 N–H and O–H groups in total. The van der Waals surface area contributed by atoms with Crippen molar-refractivity contribution in [1.82, 2.24) is 4.98 Å². The van der Waals surface area contributed by atoms with Gasteiger partial charge < -0.3 is 14.8 Å². The lowest BCUT2D eigenvalue weighted by Crippen LogP contribution is -2.06. The molecule has 0 aliphatic carbocycles. The number of anilines is 1. The highest BCUT2D eigenvalue weighted by Gasteiger charge is 2.13. The molecule has 0 radical (unpaired) electrons. The van der Waals surface area contributed by atoms with Crippen LogP contribution in [0.4, 0.5) is 10.1 Å². The Morgan fingerprint density at radius 3 is 2.71 bits per heavy atom. The first-order valence-electron chi connectivity index (χ1n) is 6.01. The zero-order valence-electron chi connectivity index (χ0n) is 11.4. The van der Waals surface area contributed by atoms with Gasteiger partial charge in [-0.25, -0.2) is 4.39 Å². The number of nitrogens with zero attached hydrogens (tertiary/aromatic N) is 1. The molecule has 0 aliphatic heterocycles. The van der Waals surface area contributed by atoms with Crippen LogP contribution in [0.1, 0.15) is 5.69 Å². The van der Waals surface area contributed by atoms with Crippen molar-refractivity contribution in [3.63, 3.8) is 0 Å². The summed E-state index contributed by atoms with van der Waals surface area (Å²) in [6.07, 6.45) is 1.62. The Bertz CT molecular complexity index is 632. The number of methoxy groups -OCH3 is 2. The molecule has 7 heteroatoms. The molecule has 21 heavy (non-hydrogen) atoms. The molecule has 0 bridgehead atoms. The fourth-order valence-corrected chi connectivity index (χ4v) is 2.82. The summed E-state index contributed by atoms with van der Waals surface area (Å²) in [7, 11) is 3.10. The van der Waals surface area contributed by atoms with Crippen molar-refractivity contribution in [2.45, 2.75) is 6.54 Å². The van der Waals surface area contributed by atoms with Crippen molar-refractivity contribution in [2.24, 2.45) is 0 Å². The van der Waals surface area contributed by atoms with Crippen LogP contribution in [0.3, 0.4) is 0 Å². The summed E-state index contributed by atoms with van der Waals surface area (Å²) in [6.45, 7) is 0.352. The SMILES string of the molecule is COc1ccnc(CNc2c(Cl)cc(F)cc2Br)c1OC. The first-order valence-corrected chi connectivity index (χ1v) is 7.18. The van der Waals surface area contributed by atoms with E-state index in [-0.39, 0.29) is 5.02 Å². The zero-order valence-corrected chi connectivity index (χ0v) is 13.8. The summed E-state index contributed by atoms with van der Waals surface area (Å²) < 4.78 is 24.3. The topological polar surface area (TPSA) is 43.4 Å². The quantitative estimate of drug-likeness (QED) is 0.848. The molecule has 2 rings (SSSR count). The van der Waals surface area contributed by atoms with Gasteiger partial charge in [0.2, 0.25) is 0 Å². The second-order valence-electron chi connectivity index (χ2n) is 4.09. The standard InChI is InChI=1S/C14H13BrClFN2O2/c1-20-12-3-4-18-11(14(12)21-2)7-19-13-9(15)5-8(17)6-10(13)16/h3-6,19H,7H2,1-2H3. The molecule has 0 saturated heterocycles. The first-order chi connectivity index (χ1) is 10.1. The van der Waals surface area contributed by atoms with Crippen LogP contribution in [0.25, 0.3) is 0 Å². The van der Waals surface area contributed by atoms with Gasteiger partial charge in [-0.05, 0) is 28.1 Å². The molecule has 112 valence electrons. The number of pyridine rings is 1. The minimum absolute atomic E-state index is 0.281. The van der Waals surface area contributed by atoms with Crippen molar-refractivity contribution in [2.75, 3.05) is 19.5 Å². The molecular weight excluding hydrogens is 363 g/mol. The molecule has 0 spiro atoms. The summed E-state index contributed by atoms with van der Waals surface area (Å²) in [5.41, 5.74) is 1.24. The van der Waals surface area contributed by atoms with E-state index in [0.29, 0.717) is 33.9 Å². The Labute approximate surface area is 135 Å². The van der Waals surface area contributed by atoms with Gasteiger partial charge in [0.1, 0.15) is 11.5 Å². The third-order valence-corrected chi connectivity index (χ3v) is 3.73. The number of aromatic nitrogens is 1. The number of rotatable bonds is 5. The number of ether oxygens (including phenoxy) is 2. The van der Waals surface area contributed by atoms with E-state index in [1.54, 1.807) is 26.5 Å². The van der Waals surface area contributed by atoms with E-state index in [1.807, 2.05) is 0 Å². The largest absolute Gasteiger partial charge is 0.493 e. The summed E-state index contributed by atoms with van der Waals surface area (Å²) in [5, 5.41) is 3.39. The molecule has 0 aliphatic rings. The zero-order chi connectivity index (χ0) is 15.4. The highest BCUT2D eigenvalue weighted by Crippen LogP contribution is 2.34. The maximum atomic E-state index is 13.2. The number of hydrogen-bond acceptors (Lipinski definition) is 4. The Morgan fingerprint density at radius 1 is 1.33 bits per heavy atom. The van der Waals surface area contributed by atoms with Crippen LogP contribution in [0.2, 0.25) is 5.02 Å². The van der Waals surface area contributed by atoms with Crippen molar-refractivity contribution in [3.8, 4) is 11.5 Å². The fourth-order valence-electron chi connectivity index (χ4n) is 1.86. The lowest BCUT2D eigenvalue weighted by atomic mass is 10.2. The van der Waals surface area contributed by atoms with E-state index in [2.05, 4.69) is 26.2 Å². The van der Waals surface area contributed by atoms with E-state index >= 15 is 0 Å². The van der Waals surface area contributed by atoms with Crippen molar-refractivity contribution >= 4 is 33.2 Å². The normalized spacial score (nSPS) is 10.3. The minimum atomic E-state index is -0.408. The molecule has 0 saturated carbocycles. The molecule has 1 aromatic carbocycles. The second kappa shape index (κ2) is 6.95. The van der Waals surface area contributed by atoms with Gasteiger partial charge in [0, 0.05) is 16.7 Å². The number of benzene rings is 1. The fraction of sp³-hybridized carbons (Fsp3) is 0.214. The molecule has 0 fully saturated rings. The Morgan fingerprint density at radius 2 is 2.10 bits per heavy atom. The van der Waals surface area contributed by atoms with Gasteiger partial charge in [0.15, 0.2) is 11.5 Å². The molecular formula is C14H13BrClFN2O2. The van der Waals surface area contributed by atoms with Crippen LogP contribution in [0.5, 0.6) is 11.5 Å². The average Bonchev–Trinajstić information content (AvgIpc) is 2.45. The van der Waals surface area contributed by atoms with Crippen LogP contribution in [-0.2, 0) is 6.54 Å². The monoisotopic (exact) mass is 374 g/mol. The van der Waals surface area contributed by atoms with E-state index in [1.165, 1.54) is 12.1 Å². The number of halogens is 3. The lowest BCUT2D eigenvalue weighted by molar-refractivity contribution is 0.350. The van der Waals surface area contributed by atoms with E-state index in [9.17, 15) is 4.39 Å². The second-order valence-corrected chi connectivity index (χ2v) is 5.35. The van der Waals surface area contributed by atoms with Crippen molar-refractivity contribution < 1.29 is 13.9 Å². The predicted molar refractivity (Wildman–Crippen MR) is 83.8 cm³/mol. The predicted octanol–water partition coefficient (Wildman–Crippen LogP) is 4.27. The Kier molecular flexibility index (Phi) is 5.25. The molecule has 1 heterocycles. The number of hydrogen-bond donors (Lipinski definition) is 1. The minimum Gasteiger partial charge on any atom is -0.493 e. The maximum absolute atomic E-state index is 13.2. The van der Waals surface area contributed by atoms with Gasteiger partial charge in [-0.1, -0.05) is 11.6 Å². The summed E-state index contributed by atoms with van der Waals surface area (Å²) in [6, 6.07) is 4.29. The van der Waals surface area contributed by atoms with Gasteiger partial charge in [0.05, 0.1) is 31.5 Å². The van der Waals surface area contributed by atoms with Gasteiger partial charge in [-0.2, -0.15) is 0 Å². The van der Waals surface area contributed by atoms with Crippen LogP contribution < -0.4 is 14.8 Å². The van der Waals surface area contributed by atoms with Crippen LogP contribution in [-0.4, -0.2) is 19.2 Å². The summed E-state index contributed by atoms with van der Waals surface area (Å²) >= 11 is 9.30. The Hall–Kier alpha value is -1.53. The molecule has 0 unspecified atom stereocenters. The van der Waals surface area contributed by atoms with Gasteiger partial charge in [-0.3, -0.25) is 4.98 Å². The maximum Gasteiger partial charge on any atom is 0.184 e. The molecule has 1 aromatic heterocycles. The molecule has 4 nitrogen and oxygen atoms in total. The van der Waals surface area contributed by atoms with Crippen LogP contribution in [0, 0.1) is 5.82 Å².